The molecule has 4 heteroatoms. The van der Waals surface area contributed by atoms with E-state index in [2.05, 4.69) is 17.1 Å². The molecule has 1 aromatic heterocycles. The Kier molecular flexibility index (Phi) is 2.94. The molecule has 0 unspecified atom stereocenters. The van der Waals surface area contributed by atoms with Crippen molar-refractivity contribution < 1.29 is 4.79 Å². The Balaban J connectivity index is 2.03. The average molecular weight is 205 g/mol. The maximum atomic E-state index is 11.9. The average Bonchev–Trinajstić information content (AvgIpc) is 2.30. The normalized spacial score (nSPS) is 17.8. The molecule has 15 heavy (non-hydrogen) atoms. The number of rotatable bonds is 1. The van der Waals surface area contributed by atoms with E-state index in [0.29, 0.717) is 5.69 Å². The van der Waals surface area contributed by atoms with E-state index in [1.165, 1.54) is 0 Å². The number of nitrogens with zero attached hydrogens (tertiary/aromatic N) is 3. The molecule has 1 fully saturated rings. The third-order valence-electron chi connectivity index (χ3n) is 2.86. The van der Waals surface area contributed by atoms with Crippen molar-refractivity contribution in [1.82, 2.24) is 15.1 Å². The van der Waals surface area contributed by atoms with Gasteiger partial charge in [0.2, 0.25) is 0 Å². The lowest BCUT2D eigenvalue weighted by molar-refractivity contribution is 0.0690. The minimum Gasteiger partial charge on any atom is -0.337 e. The van der Waals surface area contributed by atoms with Crippen molar-refractivity contribution in [2.45, 2.75) is 19.8 Å². The van der Waals surface area contributed by atoms with Crippen LogP contribution in [-0.2, 0) is 0 Å². The fraction of sp³-hybridized carbons (Fsp3) is 0.545. The van der Waals surface area contributed by atoms with Gasteiger partial charge in [-0.25, -0.2) is 0 Å². The number of amides is 1. The fourth-order valence-electron chi connectivity index (χ4n) is 1.79. The summed E-state index contributed by atoms with van der Waals surface area (Å²) in [5, 5.41) is 7.55. The van der Waals surface area contributed by atoms with Gasteiger partial charge in [-0.2, -0.15) is 5.10 Å². The third-order valence-corrected chi connectivity index (χ3v) is 2.86. The Morgan fingerprint density at radius 1 is 1.47 bits per heavy atom. The number of carbonyl (C=O) groups is 1. The summed E-state index contributed by atoms with van der Waals surface area (Å²) >= 11 is 0. The van der Waals surface area contributed by atoms with E-state index in [4.69, 9.17) is 0 Å². The third kappa shape index (κ3) is 2.32. The lowest BCUT2D eigenvalue weighted by Gasteiger charge is -2.29. The quantitative estimate of drug-likeness (QED) is 0.695. The van der Waals surface area contributed by atoms with Gasteiger partial charge in [-0.05, 0) is 30.9 Å². The fourth-order valence-corrected chi connectivity index (χ4v) is 1.79. The summed E-state index contributed by atoms with van der Waals surface area (Å²) in [5.74, 6) is 0.742. The van der Waals surface area contributed by atoms with E-state index in [0.717, 1.165) is 31.8 Å². The summed E-state index contributed by atoms with van der Waals surface area (Å²) in [6.45, 7) is 3.91. The Hall–Kier alpha value is -1.45. The van der Waals surface area contributed by atoms with Crippen LogP contribution in [0.25, 0.3) is 0 Å². The highest BCUT2D eigenvalue weighted by Crippen LogP contribution is 2.17. The number of aromatic nitrogens is 2. The van der Waals surface area contributed by atoms with Crippen molar-refractivity contribution in [2.24, 2.45) is 5.92 Å². The molecule has 0 saturated carbocycles. The van der Waals surface area contributed by atoms with E-state index in [1.807, 2.05) is 4.90 Å². The van der Waals surface area contributed by atoms with Gasteiger partial charge in [0, 0.05) is 19.3 Å². The first-order valence-electron chi connectivity index (χ1n) is 5.34. The van der Waals surface area contributed by atoms with Gasteiger partial charge in [-0.3, -0.25) is 4.79 Å². The summed E-state index contributed by atoms with van der Waals surface area (Å²) < 4.78 is 0. The summed E-state index contributed by atoms with van der Waals surface area (Å²) in [6, 6.07) is 3.46. The van der Waals surface area contributed by atoms with Crippen molar-refractivity contribution in [3.05, 3.63) is 24.0 Å². The first kappa shape index (κ1) is 10.1. The highest BCUT2D eigenvalue weighted by molar-refractivity contribution is 5.92. The number of carbonyl (C=O) groups excluding carboxylic acids is 1. The van der Waals surface area contributed by atoms with E-state index in [-0.39, 0.29) is 5.91 Å². The minimum absolute atomic E-state index is 0.00926. The summed E-state index contributed by atoms with van der Waals surface area (Å²) in [5.41, 5.74) is 0.451. The van der Waals surface area contributed by atoms with Crippen molar-refractivity contribution >= 4 is 5.91 Å². The Labute approximate surface area is 89.3 Å². The van der Waals surface area contributed by atoms with Crippen LogP contribution in [0.5, 0.6) is 0 Å². The van der Waals surface area contributed by atoms with Crippen molar-refractivity contribution in [2.75, 3.05) is 13.1 Å². The van der Waals surface area contributed by atoms with Gasteiger partial charge < -0.3 is 4.90 Å². The Bertz CT molecular complexity index is 331. The molecular formula is C11H15N3O. The van der Waals surface area contributed by atoms with Crippen molar-refractivity contribution in [3.63, 3.8) is 0 Å². The zero-order valence-electron chi connectivity index (χ0n) is 8.89. The lowest BCUT2D eigenvalue weighted by atomic mass is 9.99. The number of piperidine rings is 1. The molecule has 2 rings (SSSR count). The lowest BCUT2D eigenvalue weighted by Crippen LogP contribution is -2.38. The molecule has 0 atom stereocenters. The molecule has 0 spiro atoms. The highest BCUT2D eigenvalue weighted by Gasteiger charge is 2.21. The van der Waals surface area contributed by atoms with Crippen LogP contribution >= 0.6 is 0 Å². The largest absolute Gasteiger partial charge is 0.337 e. The van der Waals surface area contributed by atoms with Gasteiger partial charge in [-0.15, -0.1) is 5.10 Å². The second kappa shape index (κ2) is 4.38. The van der Waals surface area contributed by atoms with Gasteiger partial charge in [0.05, 0.1) is 0 Å². The Morgan fingerprint density at radius 3 is 2.80 bits per heavy atom. The van der Waals surface area contributed by atoms with Crippen molar-refractivity contribution in [1.29, 1.82) is 0 Å². The maximum absolute atomic E-state index is 11.9. The molecule has 1 amide bonds. The first-order chi connectivity index (χ1) is 7.27. The molecule has 1 aromatic rings. The second-order valence-electron chi connectivity index (χ2n) is 4.08. The van der Waals surface area contributed by atoms with Gasteiger partial charge >= 0.3 is 0 Å². The van der Waals surface area contributed by atoms with Crippen LogP contribution in [0.3, 0.4) is 0 Å². The van der Waals surface area contributed by atoms with Gasteiger partial charge in [0.15, 0.2) is 5.69 Å². The molecule has 4 nitrogen and oxygen atoms in total. The molecule has 0 aromatic carbocycles. The van der Waals surface area contributed by atoms with E-state index < -0.39 is 0 Å². The van der Waals surface area contributed by atoms with Crippen LogP contribution in [0, 0.1) is 5.92 Å². The predicted molar refractivity (Wildman–Crippen MR) is 56.3 cm³/mol. The molecule has 1 saturated heterocycles. The Morgan fingerprint density at radius 2 is 2.20 bits per heavy atom. The van der Waals surface area contributed by atoms with Gasteiger partial charge in [-0.1, -0.05) is 6.92 Å². The van der Waals surface area contributed by atoms with Crippen LogP contribution in [0.15, 0.2) is 18.3 Å². The van der Waals surface area contributed by atoms with Crippen LogP contribution < -0.4 is 0 Å². The van der Waals surface area contributed by atoms with Gasteiger partial charge in [0.25, 0.3) is 5.91 Å². The summed E-state index contributed by atoms with van der Waals surface area (Å²) in [7, 11) is 0. The minimum atomic E-state index is 0.00926. The maximum Gasteiger partial charge on any atom is 0.274 e. The number of likely N-dealkylation sites (tertiary alicyclic amines) is 1. The molecule has 0 aliphatic carbocycles. The van der Waals surface area contributed by atoms with E-state index in [1.54, 1.807) is 18.3 Å². The van der Waals surface area contributed by atoms with Crippen LogP contribution in [0.2, 0.25) is 0 Å². The summed E-state index contributed by atoms with van der Waals surface area (Å²) in [4.78, 5) is 13.8. The zero-order chi connectivity index (χ0) is 10.7. The zero-order valence-corrected chi connectivity index (χ0v) is 8.89. The van der Waals surface area contributed by atoms with Crippen LogP contribution in [0.1, 0.15) is 30.3 Å². The SMILES string of the molecule is CC1CCN(C(=O)c2cccnn2)CC1. The number of hydrogen-bond donors (Lipinski definition) is 0. The molecular weight excluding hydrogens is 190 g/mol. The highest BCUT2D eigenvalue weighted by atomic mass is 16.2. The molecule has 80 valence electrons. The molecule has 1 aliphatic heterocycles. The second-order valence-corrected chi connectivity index (χ2v) is 4.08. The molecule has 2 heterocycles. The molecule has 0 N–H and O–H groups in total. The number of hydrogen-bond acceptors (Lipinski definition) is 3. The molecule has 0 bridgehead atoms. The van der Waals surface area contributed by atoms with Gasteiger partial charge in [0.1, 0.15) is 0 Å². The van der Waals surface area contributed by atoms with E-state index in [9.17, 15) is 4.79 Å². The van der Waals surface area contributed by atoms with E-state index >= 15 is 0 Å². The molecule has 0 radical (unpaired) electrons. The van der Waals surface area contributed by atoms with Crippen LogP contribution in [0.4, 0.5) is 0 Å². The summed E-state index contributed by atoms with van der Waals surface area (Å²) in [6.07, 6.45) is 3.76. The monoisotopic (exact) mass is 205 g/mol. The standard InChI is InChI=1S/C11H15N3O/c1-9-4-7-14(8-5-9)11(15)10-3-2-6-12-13-10/h2-3,6,9H,4-5,7-8H2,1H3. The molecule has 1 aliphatic rings. The van der Waals surface area contributed by atoms with Crippen LogP contribution in [-0.4, -0.2) is 34.1 Å². The predicted octanol–water partition coefficient (Wildman–Crippen LogP) is 1.35. The van der Waals surface area contributed by atoms with Crippen molar-refractivity contribution in [3.8, 4) is 0 Å². The topological polar surface area (TPSA) is 46.1 Å². The first-order valence-corrected chi connectivity index (χ1v) is 5.34. The smallest absolute Gasteiger partial charge is 0.274 e.